The fourth-order valence-corrected chi connectivity index (χ4v) is 1.65. The Morgan fingerprint density at radius 2 is 2.46 bits per heavy atom. The van der Waals surface area contributed by atoms with Crippen molar-refractivity contribution < 1.29 is 4.74 Å². The van der Waals surface area contributed by atoms with Gasteiger partial charge in [0.2, 0.25) is 5.90 Å². The Hall–Kier alpha value is -1.25. The third-order valence-electron chi connectivity index (χ3n) is 2.40. The minimum atomic E-state index is 0.231. The van der Waals surface area contributed by atoms with E-state index >= 15 is 0 Å². The second-order valence-corrected chi connectivity index (χ2v) is 3.24. The maximum absolute atomic E-state index is 5.07. The summed E-state index contributed by atoms with van der Waals surface area (Å²) in [6.45, 7) is 2.14. The minimum Gasteiger partial charge on any atom is -0.481 e. The molecule has 0 radical (unpaired) electrons. The van der Waals surface area contributed by atoms with Gasteiger partial charge in [-0.2, -0.15) is 0 Å². The smallest absolute Gasteiger partial charge is 0.208 e. The van der Waals surface area contributed by atoms with Crippen molar-refractivity contribution in [2.45, 2.75) is 25.4 Å². The number of nitrogens with zero attached hydrogens (tertiary/aromatic N) is 1. The van der Waals surface area contributed by atoms with Crippen LogP contribution in [-0.2, 0) is 4.74 Å². The Labute approximate surface area is 78.2 Å². The van der Waals surface area contributed by atoms with E-state index in [0.717, 1.165) is 12.3 Å². The molecule has 13 heavy (non-hydrogen) atoms. The van der Waals surface area contributed by atoms with E-state index in [9.17, 15) is 0 Å². The zero-order valence-corrected chi connectivity index (χ0v) is 7.95. The van der Waals surface area contributed by atoms with Gasteiger partial charge in [0.05, 0.1) is 19.2 Å². The molecular weight excluding hydrogens is 164 g/mol. The third kappa shape index (κ3) is 1.46. The van der Waals surface area contributed by atoms with E-state index in [4.69, 9.17) is 4.74 Å². The Bertz CT molecular complexity index is 291. The maximum Gasteiger partial charge on any atom is 0.208 e. The van der Waals surface area contributed by atoms with E-state index in [2.05, 4.69) is 29.4 Å². The van der Waals surface area contributed by atoms with Gasteiger partial charge in [0.25, 0.3) is 0 Å². The Morgan fingerprint density at radius 1 is 1.62 bits per heavy atom. The molecule has 0 aromatic heterocycles. The molecule has 2 atom stereocenters. The highest BCUT2D eigenvalue weighted by Gasteiger charge is 2.26. The number of dihydropyridines is 1. The molecule has 0 fully saturated rings. The van der Waals surface area contributed by atoms with Crippen LogP contribution in [0, 0.1) is 0 Å². The molecule has 0 amide bonds. The van der Waals surface area contributed by atoms with E-state index in [1.54, 1.807) is 7.11 Å². The number of methoxy groups -OCH3 is 1. The molecule has 2 unspecified atom stereocenters. The lowest BCUT2D eigenvalue weighted by atomic mass is 10.1. The van der Waals surface area contributed by atoms with E-state index in [1.807, 2.05) is 6.08 Å². The van der Waals surface area contributed by atoms with Gasteiger partial charge in [-0.15, -0.1) is 0 Å². The highest BCUT2D eigenvalue weighted by atomic mass is 16.5. The van der Waals surface area contributed by atoms with Crippen molar-refractivity contribution in [2.75, 3.05) is 7.11 Å². The van der Waals surface area contributed by atoms with Gasteiger partial charge in [-0.25, -0.2) is 4.99 Å². The summed E-state index contributed by atoms with van der Waals surface area (Å²) >= 11 is 0. The van der Waals surface area contributed by atoms with E-state index in [-0.39, 0.29) is 6.04 Å². The van der Waals surface area contributed by atoms with Crippen LogP contribution in [-0.4, -0.2) is 25.1 Å². The highest BCUT2D eigenvalue weighted by Crippen LogP contribution is 2.19. The maximum atomic E-state index is 5.07. The summed E-state index contributed by atoms with van der Waals surface area (Å²) in [5, 5.41) is 3.40. The number of hydrogen-bond acceptors (Lipinski definition) is 3. The molecule has 0 spiro atoms. The molecule has 0 saturated heterocycles. The van der Waals surface area contributed by atoms with Crippen LogP contribution in [0.1, 0.15) is 13.3 Å². The summed E-state index contributed by atoms with van der Waals surface area (Å²) in [6, 6.07) is 0.573. The number of ether oxygens (including phenoxy) is 1. The van der Waals surface area contributed by atoms with Crippen LogP contribution < -0.4 is 5.32 Å². The Kier molecular flexibility index (Phi) is 2.08. The van der Waals surface area contributed by atoms with Crippen LogP contribution in [0.4, 0.5) is 0 Å². The van der Waals surface area contributed by atoms with Crippen LogP contribution in [0.5, 0.6) is 0 Å². The van der Waals surface area contributed by atoms with Gasteiger partial charge < -0.3 is 10.1 Å². The average molecular weight is 178 g/mol. The molecule has 3 nitrogen and oxygen atoms in total. The summed E-state index contributed by atoms with van der Waals surface area (Å²) in [5.74, 6) is 0.719. The predicted molar refractivity (Wildman–Crippen MR) is 52.7 cm³/mol. The molecule has 1 N–H and O–H groups in total. The lowest BCUT2D eigenvalue weighted by Crippen LogP contribution is -2.31. The van der Waals surface area contributed by atoms with E-state index < -0.39 is 0 Å². The molecule has 70 valence electrons. The first-order valence-electron chi connectivity index (χ1n) is 4.60. The standard InChI is InChI=1S/C10H14N2O/c1-3-7-6-9-8(11-7)4-5-10(12-9)13-2/h4-6,8-9,11H,3H2,1-2H3. The molecule has 2 aliphatic rings. The van der Waals surface area contributed by atoms with Gasteiger partial charge in [0.15, 0.2) is 0 Å². The summed E-state index contributed by atoms with van der Waals surface area (Å²) in [5.41, 5.74) is 1.28. The molecule has 0 saturated carbocycles. The molecule has 0 aromatic carbocycles. The zero-order valence-electron chi connectivity index (χ0n) is 7.95. The van der Waals surface area contributed by atoms with E-state index in [1.165, 1.54) is 5.70 Å². The molecular formula is C10H14N2O. The van der Waals surface area contributed by atoms with Crippen LogP contribution >= 0.6 is 0 Å². The van der Waals surface area contributed by atoms with Crippen molar-refractivity contribution in [1.29, 1.82) is 0 Å². The number of hydrogen-bond donors (Lipinski definition) is 1. The molecule has 2 rings (SSSR count). The fourth-order valence-electron chi connectivity index (χ4n) is 1.65. The van der Waals surface area contributed by atoms with Crippen LogP contribution in [0.25, 0.3) is 0 Å². The summed E-state index contributed by atoms with van der Waals surface area (Å²) in [4.78, 5) is 4.43. The Balaban J connectivity index is 2.16. The normalized spacial score (nSPS) is 30.3. The average Bonchev–Trinajstić information content (AvgIpc) is 2.58. The number of fused-ring (bicyclic) bond motifs is 1. The Morgan fingerprint density at radius 3 is 3.15 bits per heavy atom. The monoisotopic (exact) mass is 178 g/mol. The summed E-state index contributed by atoms with van der Waals surface area (Å²) < 4.78 is 5.07. The van der Waals surface area contributed by atoms with Crippen molar-refractivity contribution in [3.05, 3.63) is 23.9 Å². The topological polar surface area (TPSA) is 33.6 Å². The van der Waals surface area contributed by atoms with Crippen molar-refractivity contribution in [3.63, 3.8) is 0 Å². The first-order chi connectivity index (χ1) is 6.33. The first kappa shape index (κ1) is 8.35. The van der Waals surface area contributed by atoms with Gasteiger partial charge in [0.1, 0.15) is 0 Å². The lowest BCUT2D eigenvalue weighted by molar-refractivity contribution is 0.399. The number of rotatable bonds is 1. The van der Waals surface area contributed by atoms with Crippen LogP contribution in [0.2, 0.25) is 0 Å². The molecule has 0 aliphatic carbocycles. The SMILES string of the molecule is CCC1=CC2N=C(OC)C=CC2N1. The highest BCUT2D eigenvalue weighted by molar-refractivity contribution is 5.89. The summed E-state index contributed by atoms with van der Waals surface area (Å²) in [7, 11) is 1.65. The van der Waals surface area contributed by atoms with E-state index in [0.29, 0.717) is 6.04 Å². The molecule has 2 aliphatic heterocycles. The quantitative estimate of drug-likeness (QED) is 0.655. The van der Waals surface area contributed by atoms with Gasteiger partial charge in [-0.05, 0) is 18.6 Å². The predicted octanol–water partition coefficient (Wildman–Crippen LogP) is 1.24. The number of nitrogens with one attached hydrogen (secondary N) is 1. The van der Waals surface area contributed by atoms with Gasteiger partial charge in [-0.1, -0.05) is 13.0 Å². The molecule has 2 heterocycles. The van der Waals surface area contributed by atoms with Crippen LogP contribution in [0.3, 0.4) is 0 Å². The third-order valence-corrected chi connectivity index (χ3v) is 2.40. The largest absolute Gasteiger partial charge is 0.481 e. The van der Waals surface area contributed by atoms with Crippen LogP contribution in [0.15, 0.2) is 28.9 Å². The van der Waals surface area contributed by atoms with Crippen molar-refractivity contribution in [1.82, 2.24) is 5.32 Å². The molecule has 0 aromatic rings. The second-order valence-electron chi connectivity index (χ2n) is 3.24. The first-order valence-corrected chi connectivity index (χ1v) is 4.60. The molecule has 3 heteroatoms. The summed E-state index contributed by atoms with van der Waals surface area (Å²) in [6.07, 6.45) is 7.24. The van der Waals surface area contributed by atoms with Crippen molar-refractivity contribution >= 4 is 5.90 Å². The lowest BCUT2D eigenvalue weighted by Gasteiger charge is -2.17. The second kappa shape index (κ2) is 3.24. The minimum absolute atomic E-state index is 0.231. The van der Waals surface area contributed by atoms with Gasteiger partial charge >= 0.3 is 0 Å². The number of allylic oxidation sites excluding steroid dienone is 1. The van der Waals surface area contributed by atoms with Gasteiger partial charge in [-0.3, -0.25) is 0 Å². The fraction of sp³-hybridized carbons (Fsp3) is 0.500. The van der Waals surface area contributed by atoms with Gasteiger partial charge in [0, 0.05) is 5.70 Å². The van der Waals surface area contributed by atoms with Crippen molar-refractivity contribution in [2.24, 2.45) is 4.99 Å². The number of aliphatic imine (C=N–C) groups is 1. The zero-order chi connectivity index (χ0) is 9.26. The van der Waals surface area contributed by atoms with Crippen molar-refractivity contribution in [3.8, 4) is 0 Å². The molecule has 0 bridgehead atoms.